The van der Waals surface area contributed by atoms with E-state index in [9.17, 15) is 21.7 Å². The predicted molar refractivity (Wildman–Crippen MR) is 35.8 cm³/mol. The number of halogens is 5. The van der Waals surface area contributed by atoms with Crippen LogP contribution >= 0.6 is 11.3 Å². The average Bonchev–Trinajstić information content (AvgIpc) is 2.30. The third kappa shape index (κ3) is 3.92. The Hall–Kier alpha value is 0.981. The van der Waals surface area contributed by atoms with Crippen LogP contribution in [0.4, 0.5) is 21.7 Å². The van der Waals surface area contributed by atoms with Crippen LogP contribution in [0.2, 0.25) is 0 Å². The van der Waals surface area contributed by atoms with E-state index in [0.717, 1.165) is 0 Å². The molecule has 0 spiro atoms. The molecule has 1 heterocycles. The van der Waals surface area contributed by atoms with Crippen molar-refractivity contribution in [2.75, 3.05) is 0 Å². The Balaban J connectivity index is 0.00000144. The van der Waals surface area contributed by atoms with E-state index in [1.54, 1.807) is 0 Å². The Morgan fingerprint density at radius 2 is 1.85 bits per heavy atom. The fourth-order valence-corrected chi connectivity index (χ4v) is 1.26. The third-order valence-electron chi connectivity index (χ3n) is 1.06. The van der Waals surface area contributed by atoms with Crippen LogP contribution in [0.25, 0.3) is 0 Å². The monoisotopic (exact) mass is 241 g/mol. The number of hydrogen-bond donors (Lipinski definition) is 0. The van der Waals surface area contributed by atoms with Gasteiger partial charge in [0.05, 0.1) is 0 Å². The Labute approximate surface area is 117 Å². The van der Waals surface area contributed by atoms with E-state index in [4.69, 9.17) is 0 Å². The zero-order chi connectivity index (χ0) is 9.35. The minimum atomic E-state index is -5.25. The van der Waals surface area contributed by atoms with E-state index >= 15 is 0 Å². The molecule has 1 aromatic rings. The second-order valence-corrected chi connectivity index (χ2v) is 2.88. The van der Waals surface area contributed by atoms with Gasteiger partial charge < -0.3 is 12.9 Å². The molecule has 13 heavy (non-hydrogen) atoms. The summed E-state index contributed by atoms with van der Waals surface area (Å²) >= 11 is 0.319. The summed E-state index contributed by atoms with van der Waals surface area (Å²) < 4.78 is 59.0. The van der Waals surface area contributed by atoms with Crippen molar-refractivity contribution in [3.8, 4) is 0 Å². The normalized spacial score (nSPS) is 11.5. The van der Waals surface area contributed by atoms with Gasteiger partial charge in [-0.15, -0.1) is 11.3 Å². The van der Waals surface area contributed by atoms with Gasteiger partial charge >= 0.3 is 58.4 Å². The summed E-state index contributed by atoms with van der Waals surface area (Å²) in [6.45, 7) is -5.25. The summed E-state index contributed by atoms with van der Waals surface area (Å²) in [7, 11) is 0. The molecule has 0 radical (unpaired) electrons. The van der Waals surface area contributed by atoms with Crippen LogP contribution in [-0.4, -0.2) is 12.0 Å². The molecule has 0 bridgehead atoms. The van der Waals surface area contributed by atoms with Crippen molar-refractivity contribution in [3.63, 3.8) is 0 Å². The molecule has 0 amide bonds. The molecule has 0 saturated carbocycles. The quantitative estimate of drug-likeness (QED) is 0.485. The predicted octanol–water partition coefficient (Wildman–Crippen LogP) is -0.861. The maximum atomic E-state index is 11.8. The first-order valence-corrected chi connectivity index (χ1v) is 3.72. The number of hydrogen-bond acceptors (Lipinski definition) is 2. The van der Waals surface area contributed by atoms with E-state index in [-0.39, 0.29) is 51.4 Å². The molecule has 0 N–H and O–H groups in total. The van der Waals surface area contributed by atoms with Crippen LogP contribution in [0.3, 0.4) is 0 Å². The first kappa shape index (κ1) is 14.0. The van der Waals surface area contributed by atoms with Gasteiger partial charge in [0.2, 0.25) is 0 Å². The molecular weight excluding hydrogens is 239 g/mol. The number of aromatic nitrogens is 1. The molecule has 0 aromatic carbocycles. The minimum Gasteiger partial charge on any atom is -0.444 e. The van der Waals surface area contributed by atoms with E-state index in [0.29, 0.717) is 16.7 Å². The van der Waals surface area contributed by atoms with E-state index in [1.807, 2.05) is 0 Å². The van der Waals surface area contributed by atoms with Crippen molar-refractivity contribution in [2.24, 2.45) is 0 Å². The number of alkyl halides is 2. The number of nitrogens with zero attached hydrogens (tertiary/aromatic N) is 1. The topological polar surface area (TPSA) is 12.9 Å². The summed E-state index contributed by atoms with van der Waals surface area (Å²) in [4.78, 5) is 2.75. The Morgan fingerprint density at radius 1 is 1.31 bits per heavy atom. The average molecular weight is 241 g/mol. The van der Waals surface area contributed by atoms with Gasteiger partial charge in [0.15, 0.2) is 5.01 Å². The molecule has 1 aromatic heterocycles. The van der Waals surface area contributed by atoms with Gasteiger partial charge in [-0.2, -0.15) is 0 Å². The van der Waals surface area contributed by atoms with Crippen molar-refractivity contribution in [3.05, 3.63) is 10.4 Å². The van der Waals surface area contributed by atoms with Gasteiger partial charge in [-0.3, -0.25) is 4.98 Å². The van der Waals surface area contributed by atoms with Crippen LogP contribution in [-0.2, 0) is 0 Å². The van der Waals surface area contributed by atoms with Crippen LogP contribution in [0.1, 0.15) is 11.4 Å². The largest absolute Gasteiger partial charge is 1.00 e. The zero-order valence-corrected chi connectivity index (χ0v) is 10.4. The summed E-state index contributed by atoms with van der Waals surface area (Å²) in [5, 5.41) is -0.189. The molecule has 0 unspecified atom stereocenters. The van der Waals surface area contributed by atoms with Gasteiger partial charge in [0.25, 0.3) is 6.43 Å². The van der Waals surface area contributed by atoms with Crippen molar-refractivity contribution < 1.29 is 73.1 Å². The van der Waals surface area contributed by atoms with Crippen LogP contribution in [0, 0.1) is 0 Å². The van der Waals surface area contributed by atoms with Gasteiger partial charge in [0.1, 0.15) is 0 Å². The summed E-state index contributed by atoms with van der Waals surface area (Å²) in [6.07, 6.45) is -2.93. The molecule has 0 fully saturated rings. The molecule has 0 aliphatic heterocycles. The summed E-state index contributed by atoms with van der Waals surface area (Å²) in [5.41, 5.74) is -1.20. The molecule has 68 valence electrons. The van der Waals surface area contributed by atoms with Crippen LogP contribution < -0.4 is 57.0 Å². The SMILES string of the molecule is FC(F)c1nc([B-](F)(F)F)cs1.[K+]. The first-order chi connectivity index (χ1) is 5.41. The second-order valence-electron chi connectivity index (χ2n) is 1.99. The van der Waals surface area contributed by atoms with Gasteiger partial charge in [-0.1, -0.05) is 0 Å². The van der Waals surface area contributed by atoms with Gasteiger partial charge in [-0.05, 0) is 11.0 Å². The molecular formula is C4H2BF5KNS. The standard InChI is InChI=1S/C4H2BF5NS.K/c6-3(7)4-11-2(1-12-4)5(8,9)10;/h1,3H;/q-1;+1. The van der Waals surface area contributed by atoms with Crippen LogP contribution in [0.5, 0.6) is 0 Å². The first-order valence-electron chi connectivity index (χ1n) is 2.84. The van der Waals surface area contributed by atoms with Gasteiger partial charge in [0, 0.05) is 0 Å². The Morgan fingerprint density at radius 3 is 2.08 bits per heavy atom. The molecule has 9 heteroatoms. The fourth-order valence-electron chi connectivity index (χ4n) is 0.551. The third-order valence-corrected chi connectivity index (χ3v) is 1.93. The number of rotatable bonds is 2. The maximum Gasteiger partial charge on any atom is 1.00 e. The molecule has 0 saturated heterocycles. The Bertz CT molecular complexity index is 274. The summed E-state index contributed by atoms with van der Waals surface area (Å²) in [6, 6.07) is 0. The van der Waals surface area contributed by atoms with Crippen molar-refractivity contribution in [2.45, 2.75) is 6.43 Å². The maximum absolute atomic E-state index is 11.8. The molecule has 1 rings (SSSR count). The van der Waals surface area contributed by atoms with E-state index in [2.05, 4.69) is 4.98 Å². The summed E-state index contributed by atoms with van der Waals surface area (Å²) in [5.74, 6) is 0. The van der Waals surface area contributed by atoms with Crippen molar-refractivity contribution in [1.82, 2.24) is 4.98 Å². The smallest absolute Gasteiger partial charge is 0.444 e. The second kappa shape index (κ2) is 5.17. The zero-order valence-electron chi connectivity index (χ0n) is 6.48. The van der Waals surface area contributed by atoms with Crippen molar-refractivity contribution in [1.29, 1.82) is 0 Å². The van der Waals surface area contributed by atoms with Gasteiger partial charge in [-0.25, -0.2) is 8.78 Å². The van der Waals surface area contributed by atoms with Crippen LogP contribution in [0.15, 0.2) is 5.38 Å². The van der Waals surface area contributed by atoms with E-state index < -0.39 is 24.0 Å². The molecule has 0 atom stereocenters. The molecule has 1 nitrogen and oxygen atoms in total. The van der Waals surface area contributed by atoms with Crippen molar-refractivity contribution >= 4 is 23.9 Å². The fraction of sp³-hybridized carbons (Fsp3) is 0.250. The molecule has 0 aliphatic rings. The minimum absolute atomic E-state index is 0. The van der Waals surface area contributed by atoms with E-state index in [1.165, 1.54) is 0 Å². The molecule has 0 aliphatic carbocycles. The number of thiazole rings is 1. The Kier molecular flexibility index (Phi) is 5.56.